The van der Waals surface area contributed by atoms with E-state index in [1.54, 1.807) is 30.3 Å². The van der Waals surface area contributed by atoms with Crippen molar-refractivity contribution in [3.63, 3.8) is 0 Å². The molecule has 1 aromatic carbocycles. The van der Waals surface area contributed by atoms with E-state index in [4.69, 9.17) is 10.5 Å². The van der Waals surface area contributed by atoms with Gasteiger partial charge in [0, 0.05) is 18.5 Å². The number of carbonyl (C=O) groups excluding carboxylic acids is 3. The second-order valence-electron chi connectivity index (χ2n) is 5.31. The summed E-state index contributed by atoms with van der Waals surface area (Å²) in [6, 6.07) is 8.59. The molecule has 1 aliphatic rings. The monoisotopic (exact) mass is 304 g/mol. The van der Waals surface area contributed by atoms with Crippen LogP contribution in [0.2, 0.25) is 0 Å². The van der Waals surface area contributed by atoms with E-state index in [2.05, 4.69) is 0 Å². The van der Waals surface area contributed by atoms with Crippen LogP contribution in [0.5, 0.6) is 0 Å². The van der Waals surface area contributed by atoms with Crippen molar-refractivity contribution < 1.29 is 19.1 Å². The van der Waals surface area contributed by atoms with E-state index in [0.29, 0.717) is 18.5 Å². The van der Waals surface area contributed by atoms with Crippen LogP contribution in [0.3, 0.4) is 0 Å². The molecule has 2 N–H and O–H groups in total. The number of amides is 2. The molecule has 0 aliphatic carbocycles. The van der Waals surface area contributed by atoms with Gasteiger partial charge >= 0.3 is 5.97 Å². The Hall–Kier alpha value is -2.37. The van der Waals surface area contributed by atoms with Crippen LogP contribution in [0.15, 0.2) is 30.3 Å². The molecule has 1 heterocycles. The van der Waals surface area contributed by atoms with E-state index in [-0.39, 0.29) is 12.5 Å². The highest BCUT2D eigenvalue weighted by Crippen LogP contribution is 2.18. The van der Waals surface area contributed by atoms with E-state index in [1.807, 2.05) is 0 Å². The fourth-order valence-corrected chi connectivity index (χ4v) is 2.45. The van der Waals surface area contributed by atoms with Crippen molar-refractivity contribution in [1.29, 1.82) is 0 Å². The molecule has 6 nitrogen and oxygen atoms in total. The molecule has 1 unspecified atom stereocenters. The molecular weight excluding hydrogens is 284 g/mol. The molecule has 2 amide bonds. The highest BCUT2D eigenvalue weighted by Gasteiger charge is 2.25. The number of likely N-dealkylation sites (tertiary alicyclic amines) is 1. The molecule has 1 aliphatic heterocycles. The first kappa shape index (κ1) is 16.0. The lowest BCUT2D eigenvalue weighted by atomic mass is 10.1. The van der Waals surface area contributed by atoms with E-state index in [1.165, 1.54) is 4.90 Å². The summed E-state index contributed by atoms with van der Waals surface area (Å²) in [5.41, 5.74) is 5.82. The Balaban J connectivity index is 1.99. The molecule has 22 heavy (non-hydrogen) atoms. The number of esters is 1. The van der Waals surface area contributed by atoms with Crippen LogP contribution >= 0.6 is 0 Å². The van der Waals surface area contributed by atoms with Gasteiger partial charge < -0.3 is 15.4 Å². The second kappa shape index (κ2) is 7.59. The van der Waals surface area contributed by atoms with Crippen molar-refractivity contribution in [3.8, 4) is 0 Å². The van der Waals surface area contributed by atoms with Crippen LogP contribution in [-0.4, -0.2) is 35.8 Å². The van der Waals surface area contributed by atoms with Gasteiger partial charge in [0.2, 0.25) is 12.0 Å². The maximum absolute atomic E-state index is 12.0. The van der Waals surface area contributed by atoms with Gasteiger partial charge in [0.1, 0.15) is 6.54 Å². The van der Waals surface area contributed by atoms with Gasteiger partial charge in [0.25, 0.3) is 5.91 Å². The molecule has 0 bridgehead atoms. The first-order valence-corrected chi connectivity index (χ1v) is 7.39. The summed E-state index contributed by atoms with van der Waals surface area (Å²) < 4.78 is 5.18. The number of benzene rings is 1. The maximum atomic E-state index is 12.0. The Morgan fingerprint density at radius 1 is 1.18 bits per heavy atom. The maximum Gasteiger partial charge on any atom is 0.326 e. The molecule has 1 aromatic rings. The lowest BCUT2D eigenvalue weighted by Gasteiger charge is -2.21. The molecule has 0 aromatic heterocycles. The summed E-state index contributed by atoms with van der Waals surface area (Å²) in [6.07, 6.45) is 2.02. The quantitative estimate of drug-likeness (QED) is 0.827. The molecule has 1 atom stereocenters. The van der Waals surface area contributed by atoms with Crippen molar-refractivity contribution >= 4 is 17.8 Å². The third-order valence-electron chi connectivity index (χ3n) is 3.60. The van der Waals surface area contributed by atoms with E-state index < -0.39 is 18.0 Å². The Morgan fingerprint density at radius 3 is 2.59 bits per heavy atom. The third-order valence-corrected chi connectivity index (χ3v) is 3.60. The highest BCUT2D eigenvalue weighted by atomic mass is 16.5. The zero-order valence-electron chi connectivity index (χ0n) is 12.4. The van der Waals surface area contributed by atoms with Crippen LogP contribution < -0.4 is 5.73 Å². The zero-order valence-corrected chi connectivity index (χ0v) is 12.4. The number of rotatable bonds is 5. The van der Waals surface area contributed by atoms with Crippen molar-refractivity contribution in [3.05, 3.63) is 35.9 Å². The average molecular weight is 304 g/mol. The fourth-order valence-electron chi connectivity index (χ4n) is 2.45. The first-order chi connectivity index (χ1) is 10.6. The van der Waals surface area contributed by atoms with E-state index >= 15 is 0 Å². The number of hydrogen-bond acceptors (Lipinski definition) is 4. The molecule has 0 saturated carbocycles. The summed E-state index contributed by atoms with van der Waals surface area (Å²) in [4.78, 5) is 36.9. The van der Waals surface area contributed by atoms with E-state index in [9.17, 15) is 14.4 Å². The van der Waals surface area contributed by atoms with Crippen LogP contribution in [0, 0.1) is 0 Å². The Kier molecular flexibility index (Phi) is 5.52. The molecule has 6 heteroatoms. The smallest absolute Gasteiger partial charge is 0.326 e. The molecule has 0 spiro atoms. The van der Waals surface area contributed by atoms with Crippen molar-refractivity contribution in [2.75, 3.05) is 13.1 Å². The number of nitrogens with two attached hydrogens (primary N) is 1. The SMILES string of the molecule is NC(=O)C(OC(=O)CN1CCCCCC1=O)c1ccccc1. The van der Waals surface area contributed by atoms with Gasteiger partial charge in [-0.2, -0.15) is 0 Å². The number of ether oxygens (including phenoxy) is 1. The third kappa shape index (κ3) is 4.31. The summed E-state index contributed by atoms with van der Waals surface area (Å²) >= 11 is 0. The lowest BCUT2D eigenvalue weighted by molar-refractivity contribution is -0.158. The summed E-state index contributed by atoms with van der Waals surface area (Å²) in [6.45, 7) is 0.399. The molecular formula is C16H20N2O4. The second-order valence-corrected chi connectivity index (χ2v) is 5.31. The molecule has 1 fully saturated rings. The van der Waals surface area contributed by atoms with Crippen molar-refractivity contribution in [2.45, 2.75) is 31.8 Å². The minimum absolute atomic E-state index is 0.0511. The van der Waals surface area contributed by atoms with Crippen LogP contribution in [0.4, 0.5) is 0 Å². The normalized spacial score (nSPS) is 16.7. The van der Waals surface area contributed by atoms with Gasteiger partial charge in [-0.05, 0) is 12.8 Å². The highest BCUT2D eigenvalue weighted by molar-refractivity contribution is 5.86. The number of carbonyl (C=O) groups is 3. The summed E-state index contributed by atoms with van der Waals surface area (Å²) in [7, 11) is 0. The van der Waals surface area contributed by atoms with Gasteiger partial charge in [-0.25, -0.2) is 0 Å². The lowest BCUT2D eigenvalue weighted by Crippen LogP contribution is -2.37. The number of hydrogen-bond donors (Lipinski definition) is 1. The standard InChI is InChI=1S/C16H20N2O4/c17-16(21)15(12-7-3-1-4-8-12)22-14(20)11-18-10-6-2-5-9-13(18)19/h1,3-4,7-8,15H,2,5-6,9-11H2,(H2,17,21). The van der Waals surface area contributed by atoms with Gasteiger partial charge in [0.15, 0.2) is 0 Å². The van der Waals surface area contributed by atoms with Gasteiger partial charge in [-0.3, -0.25) is 14.4 Å². The predicted octanol–water partition coefficient (Wildman–Crippen LogP) is 1.16. The van der Waals surface area contributed by atoms with Gasteiger partial charge in [-0.15, -0.1) is 0 Å². The van der Waals surface area contributed by atoms with Crippen LogP contribution in [-0.2, 0) is 19.1 Å². The van der Waals surface area contributed by atoms with Gasteiger partial charge in [0.05, 0.1) is 0 Å². The Morgan fingerprint density at radius 2 is 1.91 bits per heavy atom. The molecule has 2 rings (SSSR count). The predicted molar refractivity (Wildman–Crippen MR) is 79.5 cm³/mol. The van der Waals surface area contributed by atoms with Crippen molar-refractivity contribution in [2.24, 2.45) is 5.73 Å². The number of primary amides is 1. The topological polar surface area (TPSA) is 89.7 Å². The Labute approximate surface area is 129 Å². The fraction of sp³-hybridized carbons (Fsp3) is 0.438. The first-order valence-electron chi connectivity index (χ1n) is 7.39. The molecule has 118 valence electrons. The minimum atomic E-state index is -1.13. The van der Waals surface area contributed by atoms with Crippen LogP contribution in [0.25, 0.3) is 0 Å². The zero-order chi connectivity index (χ0) is 15.9. The van der Waals surface area contributed by atoms with E-state index in [0.717, 1.165) is 19.3 Å². The van der Waals surface area contributed by atoms with Gasteiger partial charge in [-0.1, -0.05) is 36.8 Å². The average Bonchev–Trinajstić information content (AvgIpc) is 2.70. The van der Waals surface area contributed by atoms with Crippen LogP contribution in [0.1, 0.15) is 37.4 Å². The minimum Gasteiger partial charge on any atom is -0.446 e. The summed E-state index contributed by atoms with van der Waals surface area (Å²) in [5.74, 6) is -1.41. The Bertz CT molecular complexity index is 544. The number of nitrogens with zero attached hydrogens (tertiary/aromatic N) is 1. The molecule has 0 radical (unpaired) electrons. The van der Waals surface area contributed by atoms with Crippen molar-refractivity contribution in [1.82, 2.24) is 4.90 Å². The summed E-state index contributed by atoms with van der Waals surface area (Å²) in [5, 5.41) is 0. The molecule has 1 saturated heterocycles. The largest absolute Gasteiger partial charge is 0.446 e.